The van der Waals surface area contributed by atoms with Crippen molar-refractivity contribution in [3.63, 3.8) is 0 Å². The molecule has 5 nitrogen and oxygen atoms in total. The fraction of sp³-hybridized carbons (Fsp3) is 0.400. The molecule has 5 heteroatoms. The highest BCUT2D eigenvalue weighted by Crippen LogP contribution is 2.19. The zero-order valence-electron chi connectivity index (χ0n) is 12.0. The summed E-state index contributed by atoms with van der Waals surface area (Å²) < 4.78 is 5.31. The molecular weight excluding hydrogens is 254 g/mol. The third-order valence-corrected chi connectivity index (χ3v) is 3.25. The van der Waals surface area contributed by atoms with Crippen LogP contribution in [0.25, 0.3) is 10.9 Å². The molecule has 0 fully saturated rings. The summed E-state index contributed by atoms with van der Waals surface area (Å²) in [6.45, 7) is 6.38. The number of aromatic nitrogens is 1. The summed E-state index contributed by atoms with van der Waals surface area (Å²) in [4.78, 5) is 17.3. The quantitative estimate of drug-likeness (QED) is 0.627. The van der Waals surface area contributed by atoms with Gasteiger partial charge in [-0.1, -0.05) is 0 Å². The third kappa shape index (κ3) is 3.11. The molecule has 0 aliphatic heterocycles. The molecule has 1 amide bonds. The summed E-state index contributed by atoms with van der Waals surface area (Å²) in [5, 5.41) is 0.953. The molecule has 0 bridgehead atoms. The molecule has 108 valence electrons. The number of nitrogens with one attached hydrogen (secondary N) is 1. The summed E-state index contributed by atoms with van der Waals surface area (Å²) >= 11 is 0. The minimum absolute atomic E-state index is 0.0121. The van der Waals surface area contributed by atoms with Crippen LogP contribution in [0.4, 0.5) is 5.69 Å². The maximum absolute atomic E-state index is 12.4. The Morgan fingerprint density at radius 3 is 2.85 bits per heavy atom. The molecule has 1 aromatic carbocycles. The number of rotatable bonds is 6. The predicted molar refractivity (Wildman–Crippen MR) is 80.8 cm³/mol. The van der Waals surface area contributed by atoms with E-state index in [1.807, 2.05) is 38.1 Å². The lowest BCUT2D eigenvalue weighted by Crippen LogP contribution is -2.34. The van der Waals surface area contributed by atoms with Crippen LogP contribution in [0, 0.1) is 0 Å². The zero-order valence-corrected chi connectivity index (χ0v) is 12.0. The van der Waals surface area contributed by atoms with Gasteiger partial charge in [0, 0.05) is 36.3 Å². The summed E-state index contributed by atoms with van der Waals surface area (Å²) in [5.74, 6) is -0.0121. The van der Waals surface area contributed by atoms with Gasteiger partial charge in [0.05, 0.1) is 6.61 Å². The number of likely N-dealkylation sites (N-methyl/N-ethyl adjacent to an activating group) is 1. The van der Waals surface area contributed by atoms with Crippen LogP contribution < -0.4 is 5.73 Å². The molecule has 0 saturated carbocycles. The second kappa shape index (κ2) is 6.43. The number of ether oxygens (including phenoxy) is 1. The van der Waals surface area contributed by atoms with E-state index in [1.165, 1.54) is 0 Å². The van der Waals surface area contributed by atoms with Gasteiger partial charge in [-0.3, -0.25) is 4.79 Å². The largest absolute Gasteiger partial charge is 0.399 e. The summed E-state index contributed by atoms with van der Waals surface area (Å²) in [5.41, 5.74) is 7.95. The average molecular weight is 275 g/mol. The van der Waals surface area contributed by atoms with E-state index in [0.717, 1.165) is 10.9 Å². The number of nitrogens with zero attached hydrogens (tertiary/aromatic N) is 1. The highest BCUT2D eigenvalue weighted by molar-refractivity contribution is 5.98. The smallest absolute Gasteiger partial charge is 0.270 e. The lowest BCUT2D eigenvalue weighted by atomic mass is 10.2. The molecule has 0 spiro atoms. The molecule has 2 aromatic rings. The molecule has 0 saturated heterocycles. The van der Waals surface area contributed by atoms with Gasteiger partial charge in [-0.25, -0.2) is 0 Å². The molecule has 1 heterocycles. The van der Waals surface area contributed by atoms with Crippen molar-refractivity contribution in [2.45, 2.75) is 13.8 Å². The van der Waals surface area contributed by atoms with E-state index in [2.05, 4.69) is 4.98 Å². The van der Waals surface area contributed by atoms with Crippen LogP contribution in [0.2, 0.25) is 0 Å². The van der Waals surface area contributed by atoms with E-state index in [0.29, 0.717) is 37.7 Å². The lowest BCUT2D eigenvalue weighted by molar-refractivity contribution is 0.0664. The molecule has 3 N–H and O–H groups in total. The van der Waals surface area contributed by atoms with Crippen molar-refractivity contribution in [3.8, 4) is 0 Å². The molecule has 2 rings (SSSR count). The van der Waals surface area contributed by atoms with Gasteiger partial charge in [-0.2, -0.15) is 0 Å². The first kappa shape index (κ1) is 14.4. The van der Waals surface area contributed by atoms with E-state index in [1.54, 1.807) is 4.90 Å². The number of carbonyl (C=O) groups is 1. The number of nitrogen functional groups attached to an aromatic ring is 1. The number of nitrogens with two attached hydrogens (primary N) is 1. The first-order chi connectivity index (χ1) is 9.65. The van der Waals surface area contributed by atoms with E-state index < -0.39 is 0 Å². The highest BCUT2D eigenvalue weighted by Gasteiger charge is 2.16. The van der Waals surface area contributed by atoms with Gasteiger partial charge in [-0.15, -0.1) is 0 Å². The molecule has 0 radical (unpaired) electrons. The van der Waals surface area contributed by atoms with Crippen LogP contribution in [0.3, 0.4) is 0 Å². The number of carbonyl (C=O) groups excluding carboxylic acids is 1. The Kier molecular flexibility index (Phi) is 4.63. The van der Waals surface area contributed by atoms with Crippen molar-refractivity contribution in [2.24, 2.45) is 0 Å². The van der Waals surface area contributed by atoms with Crippen molar-refractivity contribution >= 4 is 22.5 Å². The van der Waals surface area contributed by atoms with Crippen LogP contribution in [-0.4, -0.2) is 42.1 Å². The van der Waals surface area contributed by atoms with E-state index >= 15 is 0 Å². The summed E-state index contributed by atoms with van der Waals surface area (Å²) in [6.07, 6.45) is 0. The molecule has 20 heavy (non-hydrogen) atoms. The normalized spacial score (nSPS) is 10.9. The number of H-pyrrole nitrogens is 1. The maximum Gasteiger partial charge on any atom is 0.270 e. The van der Waals surface area contributed by atoms with Gasteiger partial charge in [0.2, 0.25) is 0 Å². The Morgan fingerprint density at radius 1 is 1.35 bits per heavy atom. The van der Waals surface area contributed by atoms with Crippen molar-refractivity contribution in [2.75, 3.05) is 32.0 Å². The Labute approximate surface area is 118 Å². The SMILES string of the molecule is CCOCCN(CC)C(=O)c1cc2cc(N)ccc2[nH]1. The summed E-state index contributed by atoms with van der Waals surface area (Å²) in [6, 6.07) is 7.41. The Bertz CT molecular complexity index is 592. The predicted octanol–water partition coefficient (Wildman–Crippen LogP) is 2.25. The monoisotopic (exact) mass is 275 g/mol. The number of hydrogen-bond acceptors (Lipinski definition) is 3. The Morgan fingerprint density at radius 2 is 2.15 bits per heavy atom. The minimum Gasteiger partial charge on any atom is -0.399 e. The standard InChI is InChI=1S/C15H21N3O2/c1-3-18(7-8-20-4-2)15(19)14-10-11-9-12(16)5-6-13(11)17-14/h5-6,9-10,17H,3-4,7-8,16H2,1-2H3. The van der Waals surface area contributed by atoms with Crippen molar-refractivity contribution in [3.05, 3.63) is 30.0 Å². The fourth-order valence-corrected chi connectivity index (χ4v) is 2.16. The number of amides is 1. The Balaban J connectivity index is 2.16. The minimum atomic E-state index is -0.0121. The van der Waals surface area contributed by atoms with Gasteiger partial charge in [0.15, 0.2) is 0 Å². The van der Waals surface area contributed by atoms with E-state index in [4.69, 9.17) is 10.5 Å². The second-order valence-electron chi connectivity index (χ2n) is 4.61. The van der Waals surface area contributed by atoms with Gasteiger partial charge in [0.1, 0.15) is 5.69 Å². The van der Waals surface area contributed by atoms with Crippen LogP contribution in [0.15, 0.2) is 24.3 Å². The topological polar surface area (TPSA) is 71.3 Å². The van der Waals surface area contributed by atoms with Gasteiger partial charge in [0.25, 0.3) is 5.91 Å². The molecule has 0 aliphatic carbocycles. The molecule has 0 atom stereocenters. The molecular formula is C15H21N3O2. The molecule has 1 aromatic heterocycles. The van der Waals surface area contributed by atoms with Gasteiger partial charge >= 0.3 is 0 Å². The van der Waals surface area contributed by atoms with Gasteiger partial charge in [-0.05, 0) is 38.1 Å². The third-order valence-electron chi connectivity index (χ3n) is 3.25. The number of anilines is 1. The Hall–Kier alpha value is -2.01. The second-order valence-corrected chi connectivity index (χ2v) is 4.61. The maximum atomic E-state index is 12.4. The fourth-order valence-electron chi connectivity index (χ4n) is 2.16. The number of aromatic amines is 1. The average Bonchev–Trinajstić information content (AvgIpc) is 2.86. The van der Waals surface area contributed by atoms with Crippen LogP contribution in [-0.2, 0) is 4.74 Å². The van der Waals surface area contributed by atoms with E-state index in [9.17, 15) is 4.79 Å². The van der Waals surface area contributed by atoms with Gasteiger partial charge < -0.3 is 20.4 Å². The van der Waals surface area contributed by atoms with Crippen molar-refractivity contribution in [1.29, 1.82) is 0 Å². The zero-order chi connectivity index (χ0) is 14.5. The van der Waals surface area contributed by atoms with Crippen LogP contribution >= 0.6 is 0 Å². The van der Waals surface area contributed by atoms with E-state index in [-0.39, 0.29) is 5.91 Å². The van der Waals surface area contributed by atoms with Crippen molar-refractivity contribution < 1.29 is 9.53 Å². The first-order valence-corrected chi connectivity index (χ1v) is 6.91. The number of fused-ring (bicyclic) bond motifs is 1. The van der Waals surface area contributed by atoms with Crippen molar-refractivity contribution in [1.82, 2.24) is 9.88 Å². The highest BCUT2D eigenvalue weighted by atomic mass is 16.5. The molecule has 0 aliphatic rings. The van der Waals surface area contributed by atoms with Crippen LogP contribution in [0.1, 0.15) is 24.3 Å². The lowest BCUT2D eigenvalue weighted by Gasteiger charge is -2.19. The molecule has 0 unspecified atom stereocenters. The number of hydrogen-bond donors (Lipinski definition) is 2. The summed E-state index contributed by atoms with van der Waals surface area (Å²) in [7, 11) is 0. The van der Waals surface area contributed by atoms with Crippen LogP contribution in [0.5, 0.6) is 0 Å². The first-order valence-electron chi connectivity index (χ1n) is 6.91. The number of benzene rings is 1.